The zero-order chi connectivity index (χ0) is 13.7. The van der Waals surface area contributed by atoms with Gasteiger partial charge in [-0.05, 0) is 33.4 Å². The van der Waals surface area contributed by atoms with Gasteiger partial charge in [0.05, 0.1) is 24.2 Å². The maximum absolute atomic E-state index is 5.74. The molecule has 19 heavy (non-hydrogen) atoms. The van der Waals surface area contributed by atoms with Crippen molar-refractivity contribution in [2.24, 2.45) is 7.05 Å². The first kappa shape index (κ1) is 14.5. The Morgan fingerprint density at radius 3 is 2.74 bits per heavy atom. The first-order valence-corrected chi connectivity index (χ1v) is 7.19. The van der Waals surface area contributed by atoms with E-state index in [0.717, 1.165) is 32.7 Å². The fraction of sp³-hybridized carbons (Fsp3) is 0.786. The van der Waals surface area contributed by atoms with Crippen LogP contribution >= 0.6 is 0 Å². The molecule has 5 nitrogen and oxygen atoms in total. The summed E-state index contributed by atoms with van der Waals surface area (Å²) in [5, 5.41) is 3.47. The number of imidazole rings is 1. The Morgan fingerprint density at radius 2 is 2.11 bits per heavy atom. The number of ether oxygens (including phenoxy) is 1. The molecule has 5 heteroatoms. The molecule has 0 amide bonds. The lowest BCUT2D eigenvalue weighted by molar-refractivity contribution is -0.0680. The van der Waals surface area contributed by atoms with Crippen LogP contribution in [0.1, 0.15) is 26.0 Å². The lowest BCUT2D eigenvalue weighted by atomic mass is 10.2. The van der Waals surface area contributed by atoms with Crippen LogP contribution in [0.5, 0.6) is 0 Å². The van der Waals surface area contributed by atoms with Gasteiger partial charge in [0.1, 0.15) is 0 Å². The molecule has 108 valence electrons. The number of nitrogens with one attached hydrogen (secondary N) is 1. The number of hydrogen-bond acceptors (Lipinski definition) is 4. The van der Waals surface area contributed by atoms with Crippen molar-refractivity contribution in [3.05, 3.63) is 18.2 Å². The van der Waals surface area contributed by atoms with Crippen LogP contribution in [-0.4, -0.2) is 52.8 Å². The largest absolute Gasteiger partial charge is 0.373 e. The second-order valence-corrected chi connectivity index (χ2v) is 5.54. The molecule has 1 N–H and O–H groups in total. The standard InChI is InChI=1S/C14H26N4O/c1-12-9-18(10-13(2)19-12)6-4-5-15-7-14-8-16-11-17(14)3/h8,11-13,15H,4-7,9-10H2,1-3H3/t12-,13+. The number of rotatable bonds is 6. The van der Waals surface area contributed by atoms with E-state index in [4.69, 9.17) is 4.74 Å². The van der Waals surface area contributed by atoms with Crippen molar-refractivity contribution < 1.29 is 4.74 Å². The van der Waals surface area contributed by atoms with Crippen LogP contribution in [0.2, 0.25) is 0 Å². The minimum atomic E-state index is 0.367. The average molecular weight is 266 g/mol. The van der Waals surface area contributed by atoms with Crippen molar-refractivity contribution in [2.75, 3.05) is 26.2 Å². The van der Waals surface area contributed by atoms with Gasteiger partial charge in [-0.2, -0.15) is 0 Å². The molecule has 1 aromatic rings. The maximum atomic E-state index is 5.74. The minimum Gasteiger partial charge on any atom is -0.373 e. The van der Waals surface area contributed by atoms with Crippen LogP contribution in [0.25, 0.3) is 0 Å². The predicted octanol–water partition coefficient (Wildman–Crippen LogP) is 1.01. The van der Waals surface area contributed by atoms with Gasteiger partial charge in [0.25, 0.3) is 0 Å². The first-order valence-electron chi connectivity index (χ1n) is 7.19. The van der Waals surface area contributed by atoms with Gasteiger partial charge in [0.15, 0.2) is 0 Å². The van der Waals surface area contributed by atoms with E-state index in [-0.39, 0.29) is 0 Å². The molecule has 1 aliphatic rings. The molecule has 0 unspecified atom stereocenters. The molecule has 1 fully saturated rings. The molecule has 0 spiro atoms. The Labute approximate surface area is 116 Å². The van der Waals surface area contributed by atoms with E-state index in [1.165, 1.54) is 12.1 Å². The quantitative estimate of drug-likeness (QED) is 0.780. The molecule has 0 saturated carbocycles. The van der Waals surface area contributed by atoms with Crippen molar-refractivity contribution >= 4 is 0 Å². The average Bonchev–Trinajstić information content (AvgIpc) is 2.73. The van der Waals surface area contributed by atoms with Crippen LogP contribution in [0.4, 0.5) is 0 Å². The van der Waals surface area contributed by atoms with Gasteiger partial charge in [0.2, 0.25) is 0 Å². The highest BCUT2D eigenvalue weighted by Crippen LogP contribution is 2.10. The second-order valence-electron chi connectivity index (χ2n) is 5.54. The van der Waals surface area contributed by atoms with Gasteiger partial charge < -0.3 is 14.6 Å². The SMILES string of the molecule is C[C@@H]1CN(CCCNCc2cncn2C)C[C@H](C)O1. The molecule has 1 saturated heterocycles. The van der Waals surface area contributed by atoms with Gasteiger partial charge in [0, 0.05) is 32.9 Å². The summed E-state index contributed by atoms with van der Waals surface area (Å²) >= 11 is 0. The molecule has 0 aromatic carbocycles. The zero-order valence-electron chi connectivity index (χ0n) is 12.3. The van der Waals surface area contributed by atoms with Gasteiger partial charge in [-0.3, -0.25) is 4.90 Å². The zero-order valence-corrected chi connectivity index (χ0v) is 12.3. The van der Waals surface area contributed by atoms with E-state index in [1.54, 1.807) is 0 Å². The smallest absolute Gasteiger partial charge is 0.0945 e. The van der Waals surface area contributed by atoms with Crippen molar-refractivity contribution in [3.8, 4) is 0 Å². The van der Waals surface area contributed by atoms with E-state index < -0.39 is 0 Å². The fourth-order valence-corrected chi connectivity index (χ4v) is 2.67. The number of aryl methyl sites for hydroxylation is 1. The summed E-state index contributed by atoms with van der Waals surface area (Å²) < 4.78 is 7.79. The molecule has 0 aliphatic carbocycles. The normalized spacial score (nSPS) is 24.8. The number of hydrogen-bond donors (Lipinski definition) is 1. The van der Waals surface area contributed by atoms with Crippen LogP contribution in [-0.2, 0) is 18.3 Å². The summed E-state index contributed by atoms with van der Waals surface area (Å²) in [7, 11) is 2.03. The van der Waals surface area contributed by atoms with Gasteiger partial charge in [-0.1, -0.05) is 0 Å². The highest BCUT2D eigenvalue weighted by atomic mass is 16.5. The molecule has 2 rings (SSSR count). The van der Waals surface area contributed by atoms with Crippen LogP contribution < -0.4 is 5.32 Å². The summed E-state index contributed by atoms with van der Waals surface area (Å²) in [5.41, 5.74) is 1.23. The van der Waals surface area contributed by atoms with E-state index in [9.17, 15) is 0 Å². The van der Waals surface area contributed by atoms with Crippen molar-refractivity contribution in [2.45, 2.75) is 39.0 Å². The summed E-state index contributed by atoms with van der Waals surface area (Å²) in [6.45, 7) is 9.53. The van der Waals surface area contributed by atoms with E-state index in [0.29, 0.717) is 12.2 Å². The minimum absolute atomic E-state index is 0.367. The Kier molecular flexibility index (Phi) is 5.36. The second kappa shape index (κ2) is 7.03. The van der Waals surface area contributed by atoms with Gasteiger partial charge in [-0.15, -0.1) is 0 Å². The Morgan fingerprint density at radius 1 is 1.37 bits per heavy atom. The maximum Gasteiger partial charge on any atom is 0.0945 e. The molecular formula is C14H26N4O. The third-order valence-corrected chi connectivity index (χ3v) is 3.55. The first-order chi connectivity index (χ1) is 9.15. The molecule has 1 aromatic heterocycles. The van der Waals surface area contributed by atoms with Gasteiger partial charge in [-0.25, -0.2) is 4.98 Å². The lowest BCUT2D eigenvalue weighted by Crippen LogP contribution is -2.46. The van der Waals surface area contributed by atoms with Crippen LogP contribution in [0.3, 0.4) is 0 Å². The Balaban J connectivity index is 1.58. The summed E-state index contributed by atoms with van der Waals surface area (Å²) in [6.07, 6.45) is 5.67. The molecule has 0 radical (unpaired) electrons. The molecule has 1 aliphatic heterocycles. The van der Waals surface area contributed by atoms with E-state index >= 15 is 0 Å². The van der Waals surface area contributed by atoms with Crippen molar-refractivity contribution in [1.82, 2.24) is 19.8 Å². The summed E-state index contributed by atoms with van der Waals surface area (Å²) in [4.78, 5) is 6.62. The third-order valence-electron chi connectivity index (χ3n) is 3.55. The Bertz CT molecular complexity index is 369. The van der Waals surface area contributed by atoms with E-state index in [1.807, 2.05) is 19.6 Å². The van der Waals surface area contributed by atoms with Crippen LogP contribution in [0.15, 0.2) is 12.5 Å². The van der Waals surface area contributed by atoms with Crippen molar-refractivity contribution in [1.29, 1.82) is 0 Å². The molecule has 2 heterocycles. The summed E-state index contributed by atoms with van der Waals surface area (Å²) in [6, 6.07) is 0. The number of nitrogens with zero attached hydrogens (tertiary/aromatic N) is 3. The lowest BCUT2D eigenvalue weighted by Gasteiger charge is -2.35. The number of aromatic nitrogens is 2. The molecule has 2 atom stereocenters. The van der Waals surface area contributed by atoms with E-state index in [2.05, 4.69) is 33.6 Å². The predicted molar refractivity (Wildman–Crippen MR) is 76.0 cm³/mol. The third kappa shape index (κ3) is 4.60. The fourth-order valence-electron chi connectivity index (χ4n) is 2.67. The van der Waals surface area contributed by atoms with Gasteiger partial charge >= 0.3 is 0 Å². The molecular weight excluding hydrogens is 240 g/mol. The summed E-state index contributed by atoms with van der Waals surface area (Å²) in [5.74, 6) is 0. The highest BCUT2D eigenvalue weighted by Gasteiger charge is 2.21. The van der Waals surface area contributed by atoms with Crippen LogP contribution in [0, 0.1) is 0 Å². The number of morpholine rings is 1. The monoisotopic (exact) mass is 266 g/mol. The topological polar surface area (TPSA) is 42.3 Å². The van der Waals surface area contributed by atoms with Crippen molar-refractivity contribution in [3.63, 3.8) is 0 Å². The highest BCUT2D eigenvalue weighted by molar-refractivity contribution is 4.96. The molecule has 0 bridgehead atoms. The Hall–Kier alpha value is -0.910.